The molecule has 0 aliphatic heterocycles. The lowest BCUT2D eigenvalue weighted by Gasteiger charge is -2.23. The topological polar surface area (TPSA) is 104 Å². The van der Waals surface area contributed by atoms with Gasteiger partial charge in [0.15, 0.2) is 7.14 Å². The van der Waals surface area contributed by atoms with Gasteiger partial charge in [0.2, 0.25) is 0 Å². The maximum atomic E-state index is 13.4. The summed E-state index contributed by atoms with van der Waals surface area (Å²) in [5.74, 6) is -1.05. The summed E-state index contributed by atoms with van der Waals surface area (Å²) in [7, 11) is -3.17. The van der Waals surface area contributed by atoms with Crippen LogP contribution in [0.1, 0.15) is 6.92 Å². The molecule has 0 spiro atoms. The molecular weight excluding hydrogens is 355 g/mol. The molecule has 1 unspecified atom stereocenters. The molecule has 6 nitrogen and oxygen atoms in total. The second-order valence-electron chi connectivity index (χ2n) is 5.40. The fourth-order valence-corrected chi connectivity index (χ4v) is 5.02. The number of carboxylic acid groups (broad SMARTS) is 1. The van der Waals surface area contributed by atoms with Crippen LogP contribution in [0.2, 0.25) is 0 Å². The maximum absolute atomic E-state index is 13.4. The van der Waals surface area contributed by atoms with Crippen molar-refractivity contribution in [1.29, 1.82) is 0 Å². The van der Waals surface area contributed by atoms with Crippen LogP contribution < -0.4 is 10.6 Å². The normalized spacial score (nSPS) is 12.0. The van der Waals surface area contributed by atoms with Crippen LogP contribution in [-0.4, -0.2) is 53.4 Å². The van der Waals surface area contributed by atoms with Gasteiger partial charge in [-0.2, -0.15) is 0 Å². The van der Waals surface area contributed by atoms with Gasteiger partial charge in [-0.1, -0.05) is 60.7 Å². The Morgan fingerprint density at radius 3 is 1.62 bits per heavy atom. The van der Waals surface area contributed by atoms with E-state index in [4.69, 9.17) is 10.2 Å². The van der Waals surface area contributed by atoms with Crippen molar-refractivity contribution in [3.05, 3.63) is 60.7 Å². The van der Waals surface area contributed by atoms with Gasteiger partial charge in [-0.3, -0.25) is 4.79 Å². The average Bonchev–Trinajstić information content (AvgIpc) is 2.69. The van der Waals surface area contributed by atoms with E-state index >= 15 is 0 Å². The molecule has 0 amide bonds. The van der Waals surface area contributed by atoms with E-state index in [1.807, 2.05) is 12.1 Å². The lowest BCUT2D eigenvalue weighted by molar-refractivity contribution is -0.136. The van der Waals surface area contributed by atoms with Gasteiger partial charge in [0.05, 0.1) is 26.4 Å². The highest BCUT2D eigenvalue weighted by Crippen LogP contribution is 2.48. The van der Waals surface area contributed by atoms with Gasteiger partial charge in [-0.25, -0.2) is 0 Å². The van der Waals surface area contributed by atoms with Crippen LogP contribution >= 0.6 is 7.14 Å². The lowest BCUT2D eigenvalue weighted by Crippen LogP contribution is -2.29. The number of aliphatic hydroxyl groups is 2. The molecule has 3 N–H and O–H groups in total. The summed E-state index contributed by atoms with van der Waals surface area (Å²) in [6.45, 7) is 2.20. The van der Waals surface area contributed by atoms with Gasteiger partial charge in [-0.05, 0) is 6.92 Å². The van der Waals surface area contributed by atoms with Crippen LogP contribution in [0.15, 0.2) is 60.7 Å². The van der Waals surface area contributed by atoms with Crippen molar-refractivity contribution in [2.75, 3.05) is 26.4 Å². The first-order valence-corrected chi connectivity index (χ1v) is 9.99. The number of aliphatic hydroxyl groups excluding tert-OH is 2. The molecule has 142 valence electrons. The predicted molar refractivity (Wildman–Crippen MR) is 102 cm³/mol. The van der Waals surface area contributed by atoms with Crippen molar-refractivity contribution < 1.29 is 29.4 Å². The molecule has 0 fully saturated rings. The second-order valence-corrected chi connectivity index (χ2v) is 8.53. The highest BCUT2D eigenvalue weighted by atomic mass is 31.2. The molecular formula is C19H25O6P. The summed E-state index contributed by atoms with van der Waals surface area (Å²) in [6, 6.07) is 17.7. The molecule has 0 aliphatic rings. The molecule has 2 rings (SSSR count). The van der Waals surface area contributed by atoms with Gasteiger partial charge in [-0.15, -0.1) is 0 Å². The summed E-state index contributed by atoms with van der Waals surface area (Å²) in [6.07, 6.45) is 0. The first-order chi connectivity index (χ1) is 12.5. The average molecular weight is 380 g/mol. The molecule has 0 aromatic heterocycles. The summed E-state index contributed by atoms with van der Waals surface area (Å²) in [5.41, 5.74) is -0.947. The number of carbonyl (C=O) groups is 1. The molecule has 2 aromatic carbocycles. The van der Waals surface area contributed by atoms with Gasteiger partial charge >= 0.3 is 5.97 Å². The predicted octanol–water partition coefficient (Wildman–Crippen LogP) is 1.46. The van der Waals surface area contributed by atoms with E-state index in [1.165, 1.54) is 6.92 Å². The molecule has 0 aliphatic carbocycles. The zero-order chi connectivity index (χ0) is 19.4. The molecule has 7 heteroatoms. The summed E-state index contributed by atoms with van der Waals surface area (Å²) in [5, 5.41) is 26.6. The number of aliphatic carboxylic acids is 1. The first-order valence-electron chi connectivity index (χ1n) is 8.21. The molecule has 0 bridgehead atoms. The molecule has 0 saturated carbocycles. The Hall–Kier alpha value is -1.98. The minimum atomic E-state index is -3.17. The van der Waals surface area contributed by atoms with Crippen molar-refractivity contribution in [2.45, 2.75) is 12.6 Å². The van der Waals surface area contributed by atoms with Crippen LogP contribution in [0.4, 0.5) is 0 Å². The third kappa shape index (κ3) is 6.07. The number of ether oxygens (including phenoxy) is 1. The number of benzene rings is 2. The van der Waals surface area contributed by atoms with E-state index in [2.05, 4.69) is 4.74 Å². The largest absolute Gasteiger partial charge is 0.481 e. The van der Waals surface area contributed by atoms with Crippen molar-refractivity contribution in [1.82, 2.24) is 0 Å². The summed E-state index contributed by atoms with van der Waals surface area (Å²) >= 11 is 0. The quantitative estimate of drug-likeness (QED) is 0.473. The highest BCUT2D eigenvalue weighted by Gasteiger charge is 2.37. The van der Waals surface area contributed by atoms with Crippen LogP contribution in [0.3, 0.4) is 0 Å². The van der Waals surface area contributed by atoms with Gasteiger partial charge < -0.3 is 24.6 Å². The van der Waals surface area contributed by atoms with E-state index in [9.17, 15) is 14.5 Å². The monoisotopic (exact) mass is 380 g/mol. The molecule has 0 radical (unpaired) electrons. The van der Waals surface area contributed by atoms with E-state index in [1.54, 1.807) is 48.5 Å². The van der Waals surface area contributed by atoms with E-state index in [0.717, 1.165) is 0 Å². The van der Waals surface area contributed by atoms with Gasteiger partial charge in [0.1, 0.15) is 5.66 Å². The number of rotatable bonds is 8. The minimum absolute atomic E-state index is 0.0278. The van der Waals surface area contributed by atoms with Crippen LogP contribution in [0.5, 0.6) is 0 Å². The minimum Gasteiger partial charge on any atom is -0.481 e. The fourth-order valence-electron chi connectivity index (χ4n) is 2.28. The van der Waals surface area contributed by atoms with Crippen molar-refractivity contribution >= 4 is 23.7 Å². The molecule has 0 heterocycles. The Bertz CT molecular complexity index is 642. The van der Waals surface area contributed by atoms with Crippen LogP contribution in [0, 0.1) is 0 Å². The van der Waals surface area contributed by atoms with Gasteiger partial charge in [0, 0.05) is 10.6 Å². The van der Waals surface area contributed by atoms with Crippen molar-refractivity contribution in [3.63, 3.8) is 0 Å². The van der Waals surface area contributed by atoms with Crippen molar-refractivity contribution in [3.8, 4) is 0 Å². The van der Waals surface area contributed by atoms with Gasteiger partial charge in [0.25, 0.3) is 0 Å². The molecule has 26 heavy (non-hydrogen) atoms. The molecule has 1 atom stereocenters. The highest BCUT2D eigenvalue weighted by molar-refractivity contribution is 7.80. The van der Waals surface area contributed by atoms with Crippen molar-refractivity contribution in [2.24, 2.45) is 0 Å². The Morgan fingerprint density at radius 1 is 0.923 bits per heavy atom. The van der Waals surface area contributed by atoms with Crippen LogP contribution in [0.25, 0.3) is 0 Å². The third-order valence-corrected chi connectivity index (χ3v) is 7.10. The van der Waals surface area contributed by atoms with Crippen LogP contribution in [-0.2, 0) is 14.1 Å². The third-order valence-electron chi connectivity index (χ3n) is 3.65. The Balaban J connectivity index is 0.000000412. The Labute approximate surface area is 153 Å². The zero-order valence-corrected chi connectivity index (χ0v) is 15.6. The summed E-state index contributed by atoms with van der Waals surface area (Å²) < 4.78 is 18.0. The fraction of sp³-hybridized carbons (Fsp3) is 0.316. The van der Waals surface area contributed by atoms with E-state index in [0.29, 0.717) is 23.8 Å². The SMILES string of the molecule is CC(C(=O)O)P(=O)(c1ccccc1)c1ccccc1.OCCOCCO. The lowest BCUT2D eigenvalue weighted by atomic mass is 10.4. The van der Waals surface area contributed by atoms with E-state index < -0.39 is 18.8 Å². The zero-order valence-electron chi connectivity index (χ0n) is 14.7. The Morgan fingerprint density at radius 2 is 1.31 bits per heavy atom. The number of carboxylic acids is 1. The van der Waals surface area contributed by atoms with E-state index in [-0.39, 0.29) is 13.2 Å². The second kappa shape index (κ2) is 11.6. The summed E-state index contributed by atoms with van der Waals surface area (Å²) in [4.78, 5) is 11.3. The molecule has 0 saturated heterocycles. The first kappa shape index (κ1) is 22.1. The Kier molecular flexibility index (Phi) is 9.84. The number of hydrogen-bond acceptors (Lipinski definition) is 5. The smallest absolute Gasteiger partial charge is 0.314 e. The standard InChI is InChI=1S/C15H15O3P.C4H10O3/c1-12(15(16)17)19(18,13-8-4-2-5-9-13)14-10-6-3-7-11-14;5-1-3-7-4-2-6/h2-12H,1H3,(H,16,17);5-6H,1-4H2. The maximum Gasteiger partial charge on any atom is 0.314 e. The number of hydrogen-bond donors (Lipinski definition) is 3. The molecule has 2 aromatic rings.